The van der Waals surface area contributed by atoms with Crippen molar-refractivity contribution in [3.05, 3.63) is 83.1 Å². The Labute approximate surface area is 147 Å². The van der Waals surface area contributed by atoms with Crippen molar-refractivity contribution in [2.75, 3.05) is 10.6 Å². The van der Waals surface area contributed by atoms with Gasteiger partial charge in [-0.15, -0.1) is 0 Å². The Bertz CT molecular complexity index is 934. The molecule has 1 aromatic heterocycles. The number of halogens is 3. The number of carbonyl (C=O) groups excluding carboxylic acids is 1. The van der Waals surface area contributed by atoms with Gasteiger partial charge in [-0.2, -0.15) is 0 Å². The summed E-state index contributed by atoms with van der Waals surface area (Å²) in [6, 6.07) is 11.5. The van der Waals surface area contributed by atoms with Crippen molar-refractivity contribution in [1.82, 2.24) is 4.98 Å². The van der Waals surface area contributed by atoms with Crippen LogP contribution in [-0.4, -0.2) is 10.9 Å². The lowest BCUT2D eigenvalue weighted by atomic mass is 10.2. The minimum atomic E-state index is -0.852. The number of hydrogen-bond donors (Lipinski definition) is 2. The summed E-state index contributed by atoms with van der Waals surface area (Å²) in [5.41, 5.74) is 1.40. The Morgan fingerprint density at radius 3 is 2.60 bits per heavy atom. The standard InChI is InChI=1S/C18H12ClF2N3O/c19-12-2-1-3-14(7-12)23-15-6-11(9-22-10-15)18(25)24-17-5-4-13(20)8-16(17)21/h1-10,23H,(H,24,25). The number of nitrogens with one attached hydrogen (secondary N) is 2. The minimum Gasteiger partial charge on any atom is -0.354 e. The van der Waals surface area contributed by atoms with Gasteiger partial charge < -0.3 is 10.6 Å². The van der Waals surface area contributed by atoms with Crippen LogP contribution in [-0.2, 0) is 0 Å². The van der Waals surface area contributed by atoms with E-state index in [4.69, 9.17) is 11.6 Å². The number of anilines is 3. The third-order valence-electron chi connectivity index (χ3n) is 3.29. The fourth-order valence-corrected chi connectivity index (χ4v) is 2.34. The lowest BCUT2D eigenvalue weighted by Gasteiger charge is -2.09. The Morgan fingerprint density at radius 1 is 1.00 bits per heavy atom. The van der Waals surface area contributed by atoms with E-state index in [0.29, 0.717) is 16.8 Å². The number of hydrogen-bond acceptors (Lipinski definition) is 3. The molecule has 0 bridgehead atoms. The molecule has 3 aromatic rings. The molecule has 126 valence electrons. The van der Waals surface area contributed by atoms with Crippen molar-refractivity contribution in [3.63, 3.8) is 0 Å². The number of rotatable bonds is 4. The maximum absolute atomic E-state index is 13.6. The number of aromatic nitrogens is 1. The fraction of sp³-hybridized carbons (Fsp3) is 0. The average Bonchev–Trinajstić information content (AvgIpc) is 2.57. The normalized spacial score (nSPS) is 10.4. The van der Waals surface area contributed by atoms with Crippen LogP contribution in [0.5, 0.6) is 0 Å². The van der Waals surface area contributed by atoms with Gasteiger partial charge in [-0.3, -0.25) is 9.78 Å². The summed E-state index contributed by atoms with van der Waals surface area (Å²) < 4.78 is 26.6. The van der Waals surface area contributed by atoms with Crippen molar-refractivity contribution in [1.29, 1.82) is 0 Å². The van der Waals surface area contributed by atoms with Crippen LogP contribution in [0.1, 0.15) is 10.4 Å². The number of benzene rings is 2. The molecule has 3 rings (SSSR count). The van der Waals surface area contributed by atoms with Crippen molar-refractivity contribution in [3.8, 4) is 0 Å². The van der Waals surface area contributed by atoms with Gasteiger partial charge in [-0.05, 0) is 36.4 Å². The molecular formula is C18H12ClF2N3O. The molecule has 0 radical (unpaired) electrons. The zero-order chi connectivity index (χ0) is 17.8. The minimum absolute atomic E-state index is 0.111. The zero-order valence-electron chi connectivity index (χ0n) is 12.8. The molecule has 1 amide bonds. The van der Waals surface area contributed by atoms with Crippen LogP contribution in [0.3, 0.4) is 0 Å². The van der Waals surface area contributed by atoms with Crippen LogP contribution < -0.4 is 10.6 Å². The van der Waals surface area contributed by atoms with E-state index in [0.717, 1.165) is 17.8 Å². The van der Waals surface area contributed by atoms with Gasteiger partial charge in [0.25, 0.3) is 5.91 Å². The third kappa shape index (κ3) is 4.30. The summed E-state index contributed by atoms with van der Waals surface area (Å²) in [5, 5.41) is 6.02. The van der Waals surface area contributed by atoms with Crippen LogP contribution in [0.25, 0.3) is 0 Å². The first kappa shape index (κ1) is 16.9. The molecule has 0 aliphatic rings. The maximum atomic E-state index is 13.6. The van der Waals surface area contributed by atoms with E-state index in [1.54, 1.807) is 24.3 Å². The van der Waals surface area contributed by atoms with Gasteiger partial charge in [0.05, 0.1) is 23.1 Å². The van der Waals surface area contributed by atoms with Gasteiger partial charge in [-0.1, -0.05) is 17.7 Å². The number of carbonyl (C=O) groups is 1. The van der Waals surface area contributed by atoms with E-state index in [-0.39, 0.29) is 11.3 Å². The number of nitrogens with zero attached hydrogens (tertiary/aromatic N) is 1. The smallest absolute Gasteiger partial charge is 0.257 e. The van der Waals surface area contributed by atoms with Crippen LogP contribution in [0.4, 0.5) is 25.8 Å². The predicted molar refractivity (Wildman–Crippen MR) is 93.3 cm³/mol. The van der Waals surface area contributed by atoms with Gasteiger partial charge >= 0.3 is 0 Å². The summed E-state index contributed by atoms with van der Waals surface area (Å²) >= 11 is 5.93. The summed E-state index contributed by atoms with van der Waals surface area (Å²) in [7, 11) is 0. The van der Waals surface area contributed by atoms with E-state index in [9.17, 15) is 13.6 Å². The molecule has 2 N–H and O–H groups in total. The van der Waals surface area contributed by atoms with Gasteiger partial charge in [0.2, 0.25) is 0 Å². The van der Waals surface area contributed by atoms with Crippen molar-refractivity contribution < 1.29 is 13.6 Å². The second-order valence-electron chi connectivity index (χ2n) is 5.18. The van der Waals surface area contributed by atoms with Gasteiger partial charge in [0, 0.05) is 23.0 Å². The van der Waals surface area contributed by atoms with Crippen molar-refractivity contribution >= 4 is 34.6 Å². The van der Waals surface area contributed by atoms with Crippen molar-refractivity contribution in [2.24, 2.45) is 0 Å². The largest absolute Gasteiger partial charge is 0.354 e. The van der Waals surface area contributed by atoms with E-state index in [2.05, 4.69) is 15.6 Å². The van der Waals surface area contributed by atoms with Crippen LogP contribution in [0.2, 0.25) is 5.02 Å². The Hall–Kier alpha value is -2.99. The maximum Gasteiger partial charge on any atom is 0.257 e. The van der Waals surface area contributed by atoms with Crippen LogP contribution >= 0.6 is 11.6 Å². The lowest BCUT2D eigenvalue weighted by molar-refractivity contribution is 0.102. The lowest BCUT2D eigenvalue weighted by Crippen LogP contribution is -2.13. The quantitative estimate of drug-likeness (QED) is 0.688. The molecule has 0 atom stereocenters. The van der Waals surface area contributed by atoms with E-state index in [1.165, 1.54) is 12.4 Å². The van der Waals surface area contributed by atoms with E-state index >= 15 is 0 Å². The molecule has 2 aromatic carbocycles. The summed E-state index contributed by atoms with van der Waals surface area (Å²) in [6.07, 6.45) is 2.88. The summed E-state index contributed by atoms with van der Waals surface area (Å²) in [4.78, 5) is 16.2. The third-order valence-corrected chi connectivity index (χ3v) is 3.53. The van der Waals surface area contributed by atoms with E-state index < -0.39 is 17.5 Å². The second-order valence-corrected chi connectivity index (χ2v) is 5.61. The van der Waals surface area contributed by atoms with Gasteiger partial charge in [0.1, 0.15) is 11.6 Å². The zero-order valence-corrected chi connectivity index (χ0v) is 13.5. The van der Waals surface area contributed by atoms with Crippen LogP contribution in [0, 0.1) is 11.6 Å². The van der Waals surface area contributed by atoms with Gasteiger partial charge in [-0.25, -0.2) is 8.78 Å². The highest BCUT2D eigenvalue weighted by Gasteiger charge is 2.11. The molecule has 0 aliphatic carbocycles. The molecule has 0 fully saturated rings. The molecule has 25 heavy (non-hydrogen) atoms. The molecule has 4 nitrogen and oxygen atoms in total. The number of pyridine rings is 1. The summed E-state index contributed by atoms with van der Waals surface area (Å²) in [6.45, 7) is 0. The molecule has 0 saturated carbocycles. The monoisotopic (exact) mass is 359 g/mol. The Morgan fingerprint density at radius 2 is 1.84 bits per heavy atom. The first-order chi connectivity index (χ1) is 12.0. The van der Waals surface area contributed by atoms with Crippen LogP contribution in [0.15, 0.2) is 60.9 Å². The molecule has 0 aliphatic heterocycles. The highest BCUT2D eigenvalue weighted by molar-refractivity contribution is 6.30. The first-order valence-electron chi connectivity index (χ1n) is 7.25. The number of amides is 1. The fourth-order valence-electron chi connectivity index (χ4n) is 2.15. The van der Waals surface area contributed by atoms with E-state index in [1.807, 2.05) is 6.07 Å². The van der Waals surface area contributed by atoms with Crippen molar-refractivity contribution in [2.45, 2.75) is 0 Å². The predicted octanol–water partition coefficient (Wildman–Crippen LogP) is 5.01. The Balaban J connectivity index is 1.77. The molecule has 7 heteroatoms. The SMILES string of the molecule is O=C(Nc1ccc(F)cc1F)c1cncc(Nc2cccc(Cl)c2)c1. The molecule has 1 heterocycles. The topological polar surface area (TPSA) is 54.0 Å². The molecule has 0 spiro atoms. The molecular weight excluding hydrogens is 348 g/mol. The summed E-state index contributed by atoms with van der Waals surface area (Å²) in [5.74, 6) is -2.13. The first-order valence-corrected chi connectivity index (χ1v) is 7.63. The van der Waals surface area contributed by atoms with Gasteiger partial charge in [0.15, 0.2) is 0 Å². The molecule has 0 unspecified atom stereocenters. The highest BCUT2D eigenvalue weighted by Crippen LogP contribution is 2.21. The Kier molecular flexibility index (Phi) is 4.90. The second kappa shape index (κ2) is 7.27. The highest BCUT2D eigenvalue weighted by atomic mass is 35.5. The molecule has 0 saturated heterocycles. The average molecular weight is 360 g/mol.